The third-order valence-electron chi connectivity index (χ3n) is 2.90. The summed E-state index contributed by atoms with van der Waals surface area (Å²) in [6.45, 7) is 0.242. The number of hydrogen-bond donors (Lipinski definition) is 2. The standard InChI is InChI=1S/C11H13BrFNO/c12-9-3-1-8(2-4-9)11(7-15)5-10(13)6-14-11/h1-4,10,14-15H,5-7H2/t10-,11+/m0/s1. The van der Waals surface area contributed by atoms with Crippen molar-refractivity contribution in [1.82, 2.24) is 5.32 Å². The number of alkyl halides is 1. The Morgan fingerprint density at radius 3 is 2.60 bits per heavy atom. The Balaban J connectivity index is 2.30. The van der Waals surface area contributed by atoms with Crippen molar-refractivity contribution >= 4 is 15.9 Å². The van der Waals surface area contributed by atoms with E-state index in [-0.39, 0.29) is 6.61 Å². The van der Waals surface area contributed by atoms with Gasteiger partial charge in [-0.15, -0.1) is 0 Å². The molecular weight excluding hydrogens is 261 g/mol. The van der Waals surface area contributed by atoms with Crippen LogP contribution in [-0.2, 0) is 5.54 Å². The van der Waals surface area contributed by atoms with Crippen molar-refractivity contribution in [3.8, 4) is 0 Å². The summed E-state index contributed by atoms with van der Waals surface area (Å²) in [5.41, 5.74) is 0.341. The molecule has 4 heteroatoms. The fourth-order valence-electron chi connectivity index (χ4n) is 2.03. The first kappa shape index (κ1) is 11.0. The lowest BCUT2D eigenvalue weighted by molar-refractivity contribution is 0.171. The highest BCUT2D eigenvalue weighted by Crippen LogP contribution is 2.32. The van der Waals surface area contributed by atoms with Crippen LogP contribution in [0.3, 0.4) is 0 Å². The molecule has 0 spiro atoms. The molecule has 1 aliphatic heterocycles. The minimum atomic E-state index is -0.874. The van der Waals surface area contributed by atoms with E-state index < -0.39 is 11.7 Å². The number of rotatable bonds is 2. The molecule has 2 rings (SSSR count). The fraction of sp³-hybridized carbons (Fsp3) is 0.455. The molecule has 0 aromatic heterocycles. The molecule has 1 aromatic carbocycles. The van der Waals surface area contributed by atoms with E-state index in [2.05, 4.69) is 21.2 Å². The maximum absolute atomic E-state index is 13.2. The molecule has 1 saturated heterocycles. The summed E-state index contributed by atoms with van der Waals surface area (Å²) in [4.78, 5) is 0. The van der Waals surface area contributed by atoms with Crippen molar-refractivity contribution in [2.75, 3.05) is 13.2 Å². The molecule has 1 aromatic rings. The Morgan fingerprint density at radius 2 is 2.13 bits per heavy atom. The van der Waals surface area contributed by atoms with Crippen molar-refractivity contribution in [3.63, 3.8) is 0 Å². The molecule has 82 valence electrons. The zero-order valence-electron chi connectivity index (χ0n) is 8.21. The lowest BCUT2D eigenvalue weighted by atomic mass is 9.89. The van der Waals surface area contributed by atoms with E-state index in [1.807, 2.05) is 24.3 Å². The molecule has 0 bridgehead atoms. The van der Waals surface area contributed by atoms with E-state index in [9.17, 15) is 9.50 Å². The SMILES string of the molecule is OC[C@@]1(c2ccc(Br)cc2)C[C@H](F)CN1. The Kier molecular flexibility index (Phi) is 3.09. The number of aliphatic hydroxyl groups excluding tert-OH is 1. The highest BCUT2D eigenvalue weighted by molar-refractivity contribution is 9.10. The van der Waals surface area contributed by atoms with Gasteiger partial charge in [0.1, 0.15) is 6.17 Å². The van der Waals surface area contributed by atoms with Gasteiger partial charge in [0.2, 0.25) is 0 Å². The van der Waals surface area contributed by atoms with Crippen molar-refractivity contribution in [2.45, 2.75) is 18.1 Å². The molecule has 0 radical (unpaired) electrons. The molecule has 0 aliphatic carbocycles. The summed E-state index contributed by atoms with van der Waals surface area (Å²) in [6.07, 6.45) is -0.536. The molecule has 0 saturated carbocycles. The molecule has 2 nitrogen and oxygen atoms in total. The zero-order chi connectivity index (χ0) is 10.9. The maximum Gasteiger partial charge on any atom is 0.115 e. The first-order chi connectivity index (χ1) is 7.16. The van der Waals surface area contributed by atoms with Crippen molar-refractivity contribution in [1.29, 1.82) is 0 Å². The number of aliphatic hydroxyl groups is 1. The van der Waals surface area contributed by atoms with Gasteiger partial charge in [0, 0.05) is 17.4 Å². The summed E-state index contributed by atoms with van der Waals surface area (Å²) >= 11 is 3.35. The van der Waals surface area contributed by atoms with Crippen LogP contribution in [0, 0.1) is 0 Å². The minimum Gasteiger partial charge on any atom is -0.394 e. The molecule has 15 heavy (non-hydrogen) atoms. The third-order valence-corrected chi connectivity index (χ3v) is 3.43. The Labute approximate surface area is 96.6 Å². The van der Waals surface area contributed by atoms with Gasteiger partial charge < -0.3 is 10.4 Å². The first-order valence-electron chi connectivity index (χ1n) is 4.92. The molecule has 1 aliphatic rings. The Bertz CT molecular complexity index is 343. The van der Waals surface area contributed by atoms with Gasteiger partial charge in [-0.3, -0.25) is 0 Å². The first-order valence-corrected chi connectivity index (χ1v) is 5.71. The number of benzene rings is 1. The molecule has 0 amide bonds. The van der Waals surface area contributed by atoms with E-state index in [0.29, 0.717) is 13.0 Å². The van der Waals surface area contributed by atoms with Gasteiger partial charge >= 0.3 is 0 Å². The van der Waals surface area contributed by atoms with Crippen molar-refractivity contribution < 1.29 is 9.50 Å². The second-order valence-electron chi connectivity index (χ2n) is 3.93. The zero-order valence-corrected chi connectivity index (χ0v) is 9.80. The van der Waals surface area contributed by atoms with Crippen LogP contribution in [0.2, 0.25) is 0 Å². The molecule has 1 fully saturated rings. The minimum absolute atomic E-state index is 0.0744. The second-order valence-corrected chi connectivity index (χ2v) is 4.85. The summed E-state index contributed by atoms with van der Waals surface area (Å²) in [6, 6.07) is 7.62. The summed E-state index contributed by atoms with van der Waals surface area (Å²) in [7, 11) is 0. The normalized spacial score (nSPS) is 30.7. The van der Waals surface area contributed by atoms with Crippen LogP contribution in [0.25, 0.3) is 0 Å². The Hall–Kier alpha value is -0.450. The van der Waals surface area contributed by atoms with Crippen LogP contribution in [-0.4, -0.2) is 24.4 Å². The van der Waals surface area contributed by atoms with Crippen LogP contribution in [0.15, 0.2) is 28.7 Å². The smallest absolute Gasteiger partial charge is 0.115 e. The molecular formula is C11H13BrFNO. The van der Waals surface area contributed by atoms with Gasteiger partial charge in [-0.2, -0.15) is 0 Å². The predicted octanol–water partition coefficient (Wildman–Crippen LogP) is 1.97. The highest BCUT2D eigenvalue weighted by Gasteiger charge is 2.39. The van der Waals surface area contributed by atoms with Gasteiger partial charge in [0.05, 0.1) is 12.1 Å². The fourth-order valence-corrected chi connectivity index (χ4v) is 2.29. The van der Waals surface area contributed by atoms with Gasteiger partial charge in [-0.1, -0.05) is 28.1 Å². The average Bonchev–Trinajstić information content (AvgIpc) is 2.62. The van der Waals surface area contributed by atoms with Crippen LogP contribution in [0.4, 0.5) is 4.39 Å². The van der Waals surface area contributed by atoms with E-state index in [0.717, 1.165) is 10.0 Å². The van der Waals surface area contributed by atoms with Gasteiger partial charge in [0.25, 0.3) is 0 Å². The van der Waals surface area contributed by atoms with E-state index in [1.165, 1.54) is 0 Å². The van der Waals surface area contributed by atoms with Crippen LogP contribution in [0.5, 0.6) is 0 Å². The van der Waals surface area contributed by atoms with E-state index in [1.54, 1.807) is 0 Å². The largest absolute Gasteiger partial charge is 0.394 e. The quantitative estimate of drug-likeness (QED) is 0.864. The van der Waals surface area contributed by atoms with Gasteiger partial charge in [0.15, 0.2) is 0 Å². The number of hydrogen-bond acceptors (Lipinski definition) is 2. The Morgan fingerprint density at radius 1 is 1.47 bits per heavy atom. The van der Waals surface area contributed by atoms with Crippen molar-refractivity contribution in [3.05, 3.63) is 34.3 Å². The average molecular weight is 274 g/mol. The second kappa shape index (κ2) is 4.20. The summed E-state index contributed by atoms with van der Waals surface area (Å²) in [5, 5.41) is 12.5. The lowest BCUT2D eigenvalue weighted by Crippen LogP contribution is -2.40. The lowest BCUT2D eigenvalue weighted by Gasteiger charge is -2.27. The number of nitrogens with one attached hydrogen (secondary N) is 1. The molecule has 1 heterocycles. The van der Waals surface area contributed by atoms with E-state index >= 15 is 0 Å². The molecule has 2 atom stereocenters. The summed E-state index contributed by atoms with van der Waals surface area (Å²) < 4.78 is 14.2. The van der Waals surface area contributed by atoms with E-state index in [4.69, 9.17) is 0 Å². The van der Waals surface area contributed by atoms with Crippen LogP contribution < -0.4 is 5.32 Å². The van der Waals surface area contributed by atoms with Crippen LogP contribution >= 0.6 is 15.9 Å². The maximum atomic E-state index is 13.2. The van der Waals surface area contributed by atoms with Gasteiger partial charge in [-0.25, -0.2) is 4.39 Å². The van der Waals surface area contributed by atoms with Crippen molar-refractivity contribution in [2.24, 2.45) is 0 Å². The highest BCUT2D eigenvalue weighted by atomic mass is 79.9. The monoisotopic (exact) mass is 273 g/mol. The van der Waals surface area contributed by atoms with Crippen LogP contribution in [0.1, 0.15) is 12.0 Å². The third kappa shape index (κ3) is 2.07. The summed E-state index contributed by atoms with van der Waals surface area (Å²) in [5.74, 6) is 0. The topological polar surface area (TPSA) is 32.3 Å². The molecule has 0 unspecified atom stereocenters. The number of halogens is 2. The molecule has 2 N–H and O–H groups in total. The predicted molar refractivity (Wildman–Crippen MR) is 60.4 cm³/mol. The van der Waals surface area contributed by atoms with Gasteiger partial charge in [-0.05, 0) is 17.7 Å².